The number of aromatic nitrogens is 1. The maximum Gasteiger partial charge on any atom is 0.332 e. The summed E-state index contributed by atoms with van der Waals surface area (Å²) in [6.45, 7) is 0. The third-order valence-electron chi connectivity index (χ3n) is 1.39. The lowest BCUT2D eigenvalue weighted by Crippen LogP contribution is -2.23. The van der Waals surface area contributed by atoms with Crippen LogP contribution < -0.4 is 11.2 Å². The number of amides is 1. The van der Waals surface area contributed by atoms with E-state index < -0.39 is 27.5 Å². The van der Waals surface area contributed by atoms with Crippen LogP contribution in [0.2, 0.25) is 0 Å². The number of hydrogen-bond donors (Lipinski definition) is 2. The average molecular weight is 183 g/mol. The quantitative estimate of drug-likeness (QED) is 0.469. The minimum atomic E-state index is -0.995. The van der Waals surface area contributed by atoms with Gasteiger partial charge in [-0.2, -0.15) is 0 Å². The lowest BCUT2D eigenvalue weighted by Gasteiger charge is -1.93. The van der Waals surface area contributed by atoms with E-state index in [0.29, 0.717) is 0 Å². The Balaban J connectivity index is 3.44. The summed E-state index contributed by atoms with van der Waals surface area (Å²) in [5.74, 6) is -0.995. The van der Waals surface area contributed by atoms with Crippen LogP contribution in [-0.2, 0) is 0 Å². The summed E-state index contributed by atoms with van der Waals surface area (Å²) in [5.41, 5.74) is 2.71. The van der Waals surface area contributed by atoms with Gasteiger partial charge in [-0.15, -0.1) is 0 Å². The predicted molar refractivity (Wildman–Crippen MR) is 42.2 cm³/mol. The van der Waals surface area contributed by atoms with Gasteiger partial charge >= 0.3 is 5.69 Å². The summed E-state index contributed by atoms with van der Waals surface area (Å²) >= 11 is 0. The van der Waals surface area contributed by atoms with Crippen molar-refractivity contribution >= 4 is 11.6 Å². The number of nitrogens with one attached hydrogen (secondary N) is 1. The molecule has 3 N–H and O–H groups in total. The van der Waals surface area contributed by atoms with Gasteiger partial charge in [-0.25, -0.2) is 0 Å². The Morgan fingerprint density at radius 1 is 1.54 bits per heavy atom. The molecule has 0 aliphatic rings. The third kappa shape index (κ3) is 1.53. The van der Waals surface area contributed by atoms with Crippen LogP contribution in [0.5, 0.6) is 0 Å². The molecule has 0 saturated heterocycles. The third-order valence-corrected chi connectivity index (χ3v) is 1.39. The number of nitro groups is 1. The molecule has 0 aliphatic carbocycles. The van der Waals surface area contributed by atoms with E-state index >= 15 is 0 Å². The molecule has 0 fully saturated rings. The van der Waals surface area contributed by atoms with E-state index in [9.17, 15) is 19.7 Å². The molecule has 13 heavy (non-hydrogen) atoms. The highest BCUT2D eigenvalue weighted by atomic mass is 16.6. The van der Waals surface area contributed by atoms with Crippen molar-refractivity contribution in [3.05, 3.63) is 38.3 Å². The number of pyridine rings is 1. The van der Waals surface area contributed by atoms with E-state index in [-0.39, 0.29) is 0 Å². The Bertz CT molecular complexity index is 387. The minimum absolute atomic E-state index is 0.422. The molecular weight excluding hydrogens is 178 g/mol. The average Bonchev–Trinajstić information content (AvgIpc) is 2.03. The summed E-state index contributed by atoms with van der Waals surface area (Å²) in [6.07, 6.45) is 1.92. The fraction of sp³-hybridized carbons (Fsp3) is 0. The molecular formula is C6H5N3O4. The number of primary amides is 1. The van der Waals surface area contributed by atoms with Gasteiger partial charge in [-0.05, 0) is 0 Å². The van der Waals surface area contributed by atoms with Gasteiger partial charge in [-0.3, -0.25) is 19.7 Å². The molecule has 0 spiro atoms. The second-order valence-electron chi connectivity index (χ2n) is 2.20. The summed E-state index contributed by atoms with van der Waals surface area (Å²) in [5, 5.41) is 10.2. The van der Waals surface area contributed by atoms with E-state index in [1.54, 1.807) is 0 Å². The molecule has 7 nitrogen and oxygen atoms in total. The van der Waals surface area contributed by atoms with Crippen LogP contribution >= 0.6 is 0 Å². The molecule has 1 amide bonds. The van der Waals surface area contributed by atoms with Crippen molar-refractivity contribution in [1.29, 1.82) is 0 Å². The first-order valence-corrected chi connectivity index (χ1v) is 3.19. The standard InChI is InChI=1S/C6H5N3O4/c7-6(11)3-1-8-2-4(5(3)10)9(12)13/h1-2H,(H2,7,11)(H,8,10). The number of carbonyl (C=O) groups is 1. The fourth-order valence-electron chi connectivity index (χ4n) is 0.792. The number of nitrogens with zero attached hydrogens (tertiary/aromatic N) is 1. The van der Waals surface area contributed by atoms with Crippen molar-refractivity contribution in [1.82, 2.24) is 4.98 Å². The first-order chi connectivity index (χ1) is 6.04. The van der Waals surface area contributed by atoms with E-state index in [2.05, 4.69) is 4.98 Å². The normalized spacial score (nSPS) is 9.54. The maximum absolute atomic E-state index is 11.1. The Hall–Kier alpha value is -2.18. The number of rotatable bonds is 2. The van der Waals surface area contributed by atoms with E-state index in [0.717, 1.165) is 12.4 Å². The zero-order chi connectivity index (χ0) is 10.0. The Morgan fingerprint density at radius 2 is 2.15 bits per heavy atom. The van der Waals surface area contributed by atoms with Gasteiger partial charge in [0.2, 0.25) is 0 Å². The molecule has 0 bridgehead atoms. The first-order valence-electron chi connectivity index (χ1n) is 3.19. The van der Waals surface area contributed by atoms with Gasteiger partial charge in [0, 0.05) is 6.20 Å². The smallest absolute Gasteiger partial charge is 0.332 e. The van der Waals surface area contributed by atoms with E-state index in [4.69, 9.17) is 5.73 Å². The van der Waals surface area contributed by atoms with Gasteiger partial charge in [-0.1, -0.05) is 0 Å². The van der Waals surface area contributed by atoms with Gasteiger partial charge in [0.1, 0.15) is 5.56 Å². The highest BCUT2D eigenvalue weighted by Gasteiger charge is 2.17. The van der Waals surface area contributed by atoms with Crippen LogP contribution in [0.15, 0.2) is 17.2 Å². The zero-order valence-corrected chi connectivity index (χ0v) is 6.31. The molecule has 1 aromatic rings. The van der Waals surface area contributed by atoms with Gasteiger partial charge < -0.3 is 10.7 Å². The number of aromatic amines is 1. The molecule has 0 aliphatic heterocycles. The monoisotopic (exact) mass is 183 g/mol. The molecule has 0 unspecified atom stereocenters. The van der Waals surface area contributed by atoms with Gasteiger partial charge in [0.15, 0.2) is 0 Å². The summed E-state index contributed by atoms with van der Waals surface area (Å²) in [6, 6.07) is 0. The highest BCUT2D eigenvalue weighted by Crippen LogP contribution is 2.01. The fourth-order valence-corrected chi connectivity index (χ4v) is 0.792. The summed E-state index contributed by atoms with van der Waals surface area (Å²) < 4.78 is 0. The Morgan fingerprint density at radius 3 is 2.62 bits per heavy atom. The number of H-pyrrole nitrogens is 1. The number of hydrogen-bond acceptors (Lipinski definition) is 4. The molecule has 1 aromatic heterocycles. The summed E-state index contributed by atoms with van der Waals surface area (Å²) in [4.78, 5) is 33.3. The second kappa shape index (κ2) is 3.05. The van der Waals surface area contributed by atoms with E-state index in [1.165, 1.54) is 0 Å². The van der Waals surface area contributed by atoms with Crippen molar-refractivity contribution < 1.29 is 9.72 Å². The van der Waals surface area contributed by atoms with Crippen LogP contribution in [0.4, 0.5) is 5.69 Å². The molecule has 68 valence electrons. The molecule has 7 heteroatoms. The minimum Gasteiger partial charge on any atom is -0.365 e. The van der Waals surface area contributed by atoms with Crippen molar-refractivity contribution in [2.45, 2.75) is 0 Å². The molecule has 0 atom stereocenters. The van der Waals surface area contributed by atoms with Crippen LogP contribution in [0.3, 0.4) is 0 Å². The molecule has 0 saturated carbocycles. The Labute approximate surface area is 71.3 Å². The molecule has 0 radical (unpaired) electrons. The van der Waals surface area contributed by atoms with Crippen LogP contribution in [0.25, 0.3) is 0 Å². The lowest BCUT2D eigenvalue weighted by atomic mass is 10.2. The molecule has 1 rings (SSSR count). The lowest BCUT2D eigenvalue weighted by molar-refractivity contribution is -0.386. The Kier molecular flexibility index (Phi) is 2.09. The van der Waals surface area contributed by atoms with Crippen LogP contribution in [0.1, 0.15) is 10.4 Å². The van der Waals surface area contributed by atoms with Crippen molar-refractivity contribution in [2.75, 3.05) is 0 Å². The second-order valence-corrected chi connectivity index (χ2v) is 2.20. The van der Waals surface area contributed by atoms with Crippen LogP contribution in [-0.4, -0.2) is 15.8 Å². The zero-order valence-electron chi connectivity index (χ0n) is 6.31. The van der Waals surface area contributed by atoms with Gasteiger partial charge in [0.05, 0.1) is 11.1 Å². The molecule has 1 heterocycles. The van der Waals surface area contributed by atoms with Crippen molar-refractivity contribution in [2.24, 2.45) is 5.73 Å². The maximum atomic E-state index is 11.1. The van der Waals surface area contributed by atoms with Crippen molar-refractivity contribution in [3.63, 3.8) is 0 Å². The largest absolute Gasteiger partial charge is 0.365 e. The number of carbonyl (C=O) groups excluding carboxylic acids is 1. The van der Waals surface area contributed by atoms with E-state index in [1.807, 2.05) is 0 Å². The number of nitrogens with two attached hydrogens (primary N) is 1. The summed E-state index contributed by atoms with van der Waals surface area (Å²) in [7, 11) is 0. The highest BCUT2D eigenvalue weighted by molar-refractivity contribution is 5.92. The first kappa shape index (κ1) is 8.91. The van der Waals surface area contributed by atoms with Crippen LogP contribution in [0, 0.1) is 10.1 Å². The predicted octanol–water partition coefficient (Wildman–Crippen LogP) is -0.618. The SMILES string of the molecule is NC(=O)c1c[nH]cc([N+](=O)[O-])c1=O. The molecule has 0 aromatic carbocycles. The van der Waals surface area contributed by atoms with Gasteiger partial charge in [0.25, 0.3) is 11.3 Å². The topological polar surface area (TPSA) is 119 Å². The van der Waals surface area contributed by atoms with Crippen molar-refractivity contribution in [3.8, 4) is 0 Å².